The maximum Gasteiger partial charge on any atom is 0.472 e. The highest BCUT2D eigenvalue weighted by molar-refractivity contribution is 7.47. The second kappa shape index (κ2) is 44.4. The normalized spacial score (nSPS) is 14.1. The van der Waals surface area contributed by atoms with Crippen LogP contribution in [0.25, 0.3) is 0 Å². The fraction of sp³-hybridized carbons (Fsp3) is 0.942. The summed E-state index contributed by atoms with van der Waals surface area (Å²) in [6, 6.07) is -0.841. The fourth-order valence-electron chi connectivity index (χ4n) is 8.04. The molecule has 0 spiro atoms. The van der Waals surface area contributed by atoms with E-state index >= 15 is 0 Å². The highest BCUT2D eigenvalue weighted by Crippen LogP contribution is 2.43. The third-order valence-electron chi connectivity index (χ3n) is 12.3. The van der Waals surface area contributed by atoms with Gasteiger partial charge < -0.3 is 19.8 Å². The molecule has 3 unspecified atom stereocenters. The minimum atomic E-state index is -4.34. The number of carbonyl (C=O) groups excluding carboxylic acids is 1. The Morgan fingerprint density at radius 3 is 1.21 bits per heavy atom. The minimum Gasteiger partial charge on any atom is -0.387 e. The van der Waals surface area contributed by atoms with Crippen LogP contribution in [-0.2, 0) is 18.4 Å². The number of rotatable bonds is 49. The standard InChI is InChI=1S/C52H105N2O6P/c1-6-8-10-12-14-16-18-20-22-24-25-26-27-28-30-32-34-36-38-40-42-44-46-52(56)53-50(49-60-61(57,58)59-48-47-54(3,4)5)51(55)45-43-41-39-37-35-33-31-29-23-21-19-17-15-13-11-9-7-2/h43,45,50-51,55H,6-42,44,46-49H2,1-5H3,(H-,53,56,57,58)/p+1/b45-43+. The number of unbranched alkanes of at least 4 members (excludes halogenated alkanes) is 36. The maximum atomic E-state index is 12.9. The molecular weight excluding hydrogens is 780 g/mol. The lowest BCUT2D eigenvalue weighted by atomic mass is 10.0. The van der Waals surface area contributed by atoms with Crippen LogP contribution in [0.15, 0.2) is 12.2 Å². The van der Waals surface area contributed by atoms with Crippen LogP contribution >= 0.6 is 7.82 Å². The van der Waals surface area contributed by atoms with E-state index in [2.05, 4.69) is 19.2 Å². The van der Waals surface area contributed by atoms with Gasteiger partial charge in [0.2, 0.25) is 5.91 Å². The molecule has 0 aliphatic heterocycles. The Bertz CT molecular complexity index is 1000. The number of hydrogen-bond donors (Lipinski definition) is 3. The zero-order valence-corrected chi connectivity index (χ0v) is 42.3. The molecular formula is C52H106N2O6P+. The largest absolute Gasteiger partial charge is 0.472 e. The number of aliphatic hydroxyl groups is 1. The molecule has 0 aliphatic carbocycles. The second-order valence-corrected chi connectivity index (χ2v) is 21.1. The molecule has 0 aromatic carbocycles. The zero-order chi connectivity index (χ0) is 45.0. The van der Waals surface area contributed by atoms with Crippen molar-refractivity contribution in [2.45, 2.75) is 276 Å². The third-order valence-corrected chi connectivity index (χ3v) is 13.2. The van der Waals surface area contributed by atoms with Gasteiger partial charge in [0.15, 0.2) is 0 Å². The summed E-state index contributed by atoms with van der Waals surface area (Å²) in [6.45, 7) is 4.86. The minimum absolute atomic E-state index is 0.0650. The predicted molar refractivity (Wildman–Crippen MR) is 263 cm³/mol. The Hall–Kier alpha value is -0.760. The van der Waals surface area contributed by atoms with Crippen LogP contribution in [0.4, 0.5) is 0 Å². The number of likely N-dealkylation sites (N-methyl/N-ethyl adjacent to an activating group) is 1. The molecule has 0 bridgehead atoms. The summed E-state index contributed by atoms with van der Waals surface area (Å²) in [5.41, 5.74) is 0. The van der Waals surface area contributed by atoms with Crippen molar-refractivity contribution in [3.05, 3.63) is 12.2 Å². The smallest absolute Gasteiger partial charge is 0.387 e. The van der Waals surface area contributed by atoms with E-state index in [1.54, 1.807) is 6.08 Å². The number of nitrogens with one attached hydrogen (secondary N) is 1. The van der Waals surface area contributed by atoms with Crippen molar-refractivity contribution in [1.82, 2.24) is 5.32 Å². The average molecular weight is 886 g/mol. The number of quaternary nitrogens is 1. The quantitative estimate of drug-likeness (QED) is 0.0243. The molecule has 0 fully saturated rings. The number of allylic oxidation sites excluding steroid dienone is 1. The molecule has 3 N–H and O–H groups in total. The number of hydrogen-bond acceptors (Lipinski definition) is 5. The van der Waals surface area contributed by atoms with Gasteiger partial charge in [-0.2, -0.15) is 0 Å². The van der Waals surface area contributed by atoms with Crippen molar-refractivity contribution < 1.29 is 32.9 Å². The molecule has 0 heterocycles. The summed E-state index contributed by atoms with van der Waals surface area (Å²) in [6.07, 6.45) is 52.9. The van der Waals surface area contributed by atoms with Crippen LogP contribution in [0.5, 0.6) is 0 Å². The van der Waals surface area contributed by atoms with Crippen molar-refractivity contribution in [3.8, 4) is 0 Å². The van der Waals surface area contributed by atoms with Gasteiger partial charge in [-0.25, -0.2) is 4.57 Å². The molecule has 0 saturated carbocycles. The molecule has 3 atom stereocenters. The highest BCUT2D eigenvalue weighted by atomic mass is 31.2. The van der Waals surface area contributed by atoms with Crippen LogP contribution in [0.3, 0.4) is 0 Å². The van der Waals surface area contributed by atoms with Gasteiger partial charge in [-0.1, -0.05) is 251 Å². The van der Waals surface area contributed by atoms with Crippen molar-refractivity contribution in [1.29, 1.82) is 0 Å². The summed E-state index contributed by atoms with van der Waals surface area (Å²) in [4.78, 5) is 23.2. The molecule has 0 aliphatic rings. The van der Waals surface area contributed by atoms with Gasteiger partial charge in [-0.05, 0) is 19.3 Å². The number of carbonyl (C=O) groups is 1. The van der Waals surface area contributed by atoms with E-state index in [4.69, 9.17) is 9.05 Å². The first-order chi connectivity index (χ1) is 29.5. The molecule has 0 rings (SSSR count). The Morgan fingerprint density at radius 2 is 0.869 bits per heavy atom. The molecule has 0 radical (unpaired) electrons. The van der Waals surface area contributed by atoms with Gasteiger partial charge in [0.1, 0.15) is 13.2 Å². The first kappa shape index (κ1) is 60.2. The van der Waals surface area contributed by atoms with Gasteiger partial charge in [-0.15, -0.1) is 0 Å². The summed E-state index contributed by atoms with van der Waals surface area (Å²) >= 11 is 0. The van der Waals surface area contributed by atoms with E-state index in [1.165, 1.54) is 212 Å². The number of phosphoric ester groups is 1. The van der Waals surface area contributed by atoms with Gasteiger partial charge in [0.05, 0.1) is 39.9 Å². The van der Waals surface area contributed by atoms with Crippen LogP contribution < -0.4 is 5.32 Å². The molecule has 364 valence electrons. The summed E-state index contributed by atoms with van der Waals surface area (Å²) in [7, 11) is 1.59. The first-order valence-corrected chi connectivity index (χ1v) is 28.1. The summed E-state index contributed by atoms with van der Waals surface area (Å²) in [5, 5.41) is 13.9. The number of amides is 1. The van der Waals surface area contributed by atoms with Crippen molar-refractivity contribution in [2.75, 3.05) is 40.9 Å². The molecule has 61 heavy (non-hydrogen) atoms. The van der Waals surface area contributed by atoms with Crippen molar-refractivity contribution >= 4 is 13.7 Å². The molecule has 0 aromatic rings. The van der Waals surface area contributed by atoms with Crippen LogP contribution in [0.2, 0.25) is 0 Å². The van der Waals surface area contributed by atoms with Crippen LogP contribution in [-0.4, -0.2) is 73.4 Å². The maximum absolute atomic E-state index is 12.9. The first-order valence-electron chi connectivity index (χ1n) is 26.6. The van der Waals surface area contributed by atoms with Gasteiger partial charge in [0.25, 0.3) is 0 Å². The Morgan fingerprint density at radius 1 is 0.541 bits per heavy atom. The molecule has 8 nitrogen and oxygen atoms in total. The predicted octanol–water partition coefficient (Wildman–Crippen LogP) is 15.5. The molecule has 0 saturated heterocycles. The van der Waals surface area contributed by atoms with Crippen LogP contribution in [0, 0.1) is 0 Å². The van der Waals surface area contributed by atoms with Gasteiger partial charge >= 0.3 is 7.82 Å². The SMILES string of the molecule is CCCCCCCCCCCCCCCCC/C=C/C(O)C(COP(=O)(O)OCC[N+](C)(C)C)NC(=O)CCCCCCCCCCCCCCCCCCCCCCCC. The van der Waals surface area contributed by atoms with Gasteiger partial charge in [0, 0.05) is 6.42 Å². The number of aliphatic hydroxyl groups excluding tert-OH is 1. The van der Waals surface area contributed by atoms with E-state index in [-0.39, 0.29) is 19.1 Å². The van der Waals surface area contributed by atoms with E-state index < -0.39 is 20.0 Å². The zero-order valence-electron chi connectivity index (χ0n) is 41.4. The fourth-order valence-corrected chi connectivity index (χ4v) is 8.78. The molecule has 9 heteroatoms. The summed E-state index contributed by atoms with van der Waals surface area (Å²) < 4.78 is 23.7. The van der Waals surface area contributed by atoms with E-state index in [0.29, 0.717) is 17.4 Å². The Balaban J connectivity index is 4.23. The van der Waals surface area contributed by atoms with E-state index in [1.807, 2.05) is 27.2 Å². The van der Waals surface area contributed by atoms with E-state index in [9.17, 15) is 19.4 Å². The Labute approximate surface area is 380 Å². The summed E-state index contributed by atoms with van der Waals surface area (Å²) in [5.74, 6) is -0.171. The van der Waals surface area contributed by atoms with Crippen molar-refractivity contribution in [3.63, 3.8) is 0 Å². The molecule has 1 amide bonds. The Kier molecular flexibility index (Phi) is 43.9. The third kappa shape index (κ3) is 47.0. The number of nitrogens with zero attached hydrogens (tertiary/aromatic N) is 1. The van der Waals surface area contributed by atoms with E-state index in [0.717, 1.165) is 32.1 Å². The lowest BCUT2D eigenvalue weighted by molar-refractivity contribution is -0.870. The van der Waals surface area contributed by atoms with Crippen LogP contribution in [0.1, 0.15) is 264 Å². The monoisotopic (exact) mass is 886 g/mol. The second-order valence-electron chi connectivity index (χ2n) is 19.6. The topological polar surface area (TPSA) is 105 Å². The lowest BCUT2D eigenvalue weighted by Gasteiger charge is -2.25. The van der Waals surface area contributed by atoms with Gasteiger partial charge in [-0.3, -0.25) is 13.8 Å². The molecule has 0 aromatic heterocycles. The highest BCUT2D eigenvalue weighted by Gasteiger charge is 2.27. The van der Waals surface area contributed by atoms with Crippen molar-refractivity contribution in [2.24, 2.45) is 0 Å². The lowest BCUT2D eigenvalue weighted by Crippen LogP contribution is -2.45. The average Bonchev–Trinajstić information content (AvgIpc) is 3.21. The number of phosphoric acid groups is 1.